The van der Waals surface area contributed by atoms with Crippen molar-refractivity contribution in [2.75, 3.05) is 19.8 Å². The van der Waals surface area contributed by atoms with E-state index >= 15 is 0 Å². The maximum Gasteiger partial charge on any atom is 0.161 e. The van der Waals surface area contributed by atoms with E-state index in [0.717, 1.165) is 11.5 Å². The van der Waals surface area contributed by atoms with E-state index in [1.165, 1.54) is 31.2 Å². The first-order chi connectivity index (χ1) is 9.36. The van der Waals surface area contributed by atoms with Gasteiger partial charge in [-0.3, -0.25) is 0 Å². The molecule has 104 valence electrons. The number of ether oxygens (including phenoxy) is 2. The first-order valence-electron chi connectivity index (χ1n) is 7.22. The number of nitrogens with two attached hydrogens (primary N) is 1. The molecule has 1 aliphatic heterocycles. The minimum Gasteiger partial charge on any atom is -0.486 e. The molecule has 1 aliphatic carbocycles. The van der Waals surface area contributed by atoms with Gasteiger partial charge in [-0.25, -0.2) is 0 Å². The Bertz CT molecular complexity index is 430. The van der Waals surface area contributed by atoms with Gasteiger partial charge < -0.3 is 20.5 Å². The molecule has 1 fully saturated rings. The molecule has 3 rings (SSSR count). The fourth-order valence-electron chi connectivity index (χ4n) is 2.95. The molecule has 0 saturated heterocycles. The van der Waals surface area contributed by atoms with Gasteiger partial charge in [0.2, 0.25) is 0 Å². The van der Waals surface area contributed by atoms with Gasteiger partial charge in [0, 0.05) is 18.6 Å². The van der Waals surface area contributed by atoms with E-state index in [1.54, 1.807) is 0 Å². The summed E-state index contributed by atoms with van der Waals surface area (Å²) in [4.78, 5) is 0. The Kier molecular flexibility index (Phi) is 3.89. The summed E-state index contributed by atoms with van der Waals surface area (Å²) < 4.78 is 11.2. The van der Waals surface area contributed by atoms with Crippen molar-refractivity contribution in [2.45, 2.75) is 37.8 Å². The van der Waals surface area contributed by atoms with Crippen molar-refractivity contribution >= 4 is 0 Å². The highest BCUT2D eigenvalue weighted by Crippen LogP contribution is 2.33. The molecule has 3 N–H and O–H groups in total. The molecule has 0 spiro atoms. The first kappa shape index (κ1) is 12.8. The molecule has 1 heterocycles. The topological polar surface area (TPSA) is 56.5 Å². The molecule has 1 aromatic carbocycles. The third kappa shape index (κ3) is 2.85. The van der Waals surface area contributed by atoms with Crippen LogP contribution in [0.2, 0.25) is 0 Å². The monoisotopic (exact) mass is 262 g/mol. The molecule has 1 unspecified atom stereocenters. The van der Waals surface area contributed by atoms with E-state index in [0.29, 0.717) is 25.8 Å². The summed E-state index contributed by atoms with van der Waals surface area (Å²) in [5, 5.41) is 3.67. The van der Waals surface area contributed by atoms with Gasteiger partial charge in [0.15, 0.2) is 11.5 Å². The van der Waals surface area contributed by atoms with Crippen molar-refractivity contribution in [2.24, 2.45) is 5.73 Å². The maximum absolute atomic E-state index is 5.92. The van der Waals surface area contributed by atoms with Gasteiger partial charge in [0.05, 0.1) is 0 Å². The van der Waals surface area contributed by atoms with E-state index < -0.39 is 0 Å². The SMILES string of the molecule is NCC(NC1CCCC1)c1ccc2c(c1)OCCO2. The van der Waals surface area contributed by atoms with Crippen LogP contribution in [0.25, 0.3) is 0 Å². The van der Waals surface area contributed by atoms with Crippen LogP contribution in [-0.2, 0) is 0 Å². The lowest BCUT2D eigenvalue weighted by Crippen LogP contribution is -2.35. The third-order valence-corrected chi connectivity index (χ3v) is 4.00. The molecular formula is C15H22N2O2. The minimum absolute atomic E-state index is 0.207. The molecule has 0 aromatic heterocycles. The van der Waals surface area contributed by atoms with Crippen molar-refractivity contribution in [1.82, 2.24) is 5.32 Å². The molecule has 1 aromatic rings. The van der Waals surface area contributed by atoms with E-state index in [9.17, 15) is 0 Å². The van der Waals surface area contributed by atoms with Crippen LogP contribution < -0.4 is 20.5 Å². The summed E-state index contributed by atoms with van der Waals surface area (Å²) in [6.45, 7) is 1.86. The zero-order chi connectivity index (χ0) is 13.1. The lowest BCUT2D eigenvalue weighted by atomic mass is 10.0. The number of benzene rings is 1. The van der Waals surface area contributed by atoms with E-state index in [4.69, 9.17) is 15.2 Å². The second-order valence-corrected chi connectivity index (χ2v) is 5.34. The van der Waals surface area contributed by atoms with Gasteiger partial charge in [-0.1, -0.05) is 18.9 Å². The van der Waals surface area contributed by atoms with Crippen LogP contribution in [0.15, 0.2) is 18.2 Å². The van der Waals surface area contributed by atoms with Gasteiger partial charge in [-0.05, 0) is 30.5 Å². The molecule has 4 heteroatoms. The van der Waals surface area contributed by atoms with Crippen LogP contribution in [0.5, 0.6) is 11.5 Å². The number of hydrogen-bond donors (Lipinski definition) is 2. The van der Waals surface area contributed by atoms with Crippen LogP contribution in [0.3, 0.4) is 0 Å². The molecule has 0 amide bonds. The average molecular weight is 262 g/mol. The van der Waals surface area contributed by atoms with Gasteiger partial charge in [-0.2, -0.15) is 0 Å². The van der Waals surface area contributed by atoms with Gasteiger partial charge in [-0.15, -0.1) is 0 Å². The first-order valence-corrected chi connectivity index (χ1v) is 7.22. The summed E-state index contributed by atoms with van der Waals surface area (Å²) in [5.41, 5.74) is 7.12. The molecular weight excluding hydrogens is 240 g/mol. The second-order valence-electron chi connectivity index (χ2n) is 5.34. The van der Waals surface area contributed by atoms with Crippen LogP contribution in [0.1, 0.15) is 37.3 Å². The summed E-state index contributed by atoms with van der Waals surface area (Å²) in [5.74, 6) is 1.68. The zero-order valence-corrected chi connectivity index (χ0v) is 11.2. The van der Waals surface area contributed by atoms with Crippen molar-refractivity contribution in [3.05, 3.63) is 23.8 Å². The Morgan fingerprint density at radius 2 is 1.89 bits per heavy atom. The largest absolute Gasteiger partial charge is 0.486 e. The summed E-state index contributed by atoms with van der Waals surface area (Å²) in [6, 6.07) is 6.96. The molecule has 1 atom stereocenters. The summed E-state index contributed by atoms with van der Waals surface area (Å²) >= 11 is 0. The number of hydrogen-bond acceptors (Lipinski definition) is 4. The minimum atomic E-state index is 0.207. The van der Waals surface area contributed by atoms with E-state index in [2.05, 4.69) is 17.4 Å². The smallest absolute Gasteiger partial charge is 0.161 e. The van der Waals surface area contributed by atoms with E-state index in [1.807, 2.05) is 6.07 Å². The van der Waals surface area contributed by atoms with E-state index in [-0.39, 0.29) is 6.04 Å². The normalized spacial score (nSPS) is 20.5. The number of rotatable bonds is 4. The van der Waals surface area contributed by atoms with Crippen LogP contribution in [0.4, 0.5) is 0 Å². The average Bonchev–Trinajstić information content (AvgIpc) is 2.97. The predicted molar refractivity (Wildman–Crippen MR) is 74.6 cm³/mol. The molecule has 1 saturated carbocycles. The lowest BCUT2D eigenvalue weighted by Gasteiger charge is -2.24. The number of fused-ring (bicyclic) bond motifs is 1. The number of nitrogens with one attached hydrogen (secondary N) is 1. The fourth-order valence-corrected chi connectivity index (χ4v) is 2.95. The highest BCUT2D eigenvalue weighted by molar-refractivity contribution is 5.44. The Morgan fingerprint density at radius 3 is 2.63 bits per heavy atom. The van der Waals surface area contributed by atoms with Crippen LogP contribution in [0, 0.1) is 0 Å². The zero-order valence-electron chi connectivity index (χ0n) is 11.2. The van der Waals surface area contributed by atoms with Gasteiger partial charge in [0.25, 0.3) is 0 Å². The summed E-state index contributed by atoms with van der Waals surface area (Å²) in [6.07, 6.45) is 5.19. The van der Waals surface area contributed by atoms with Crippen LogP contribution in [-0.4, -0.2) is 25.8 Å². The van der Waals surface area contributed by atoms with Crippen molar-refractivity contribution in [3.8, 4) is 11.5 Å². The maximum atomic E-state index is 5.92. The Morgan fingerprint density at radius 1 is 1.16 bits per heavy atom. The Hall–Kier alpha value is -1.26. The Labute approximate surface area is 114 Å². The quantitative estimate of drug-likeness (QED) is 0.871. The van der Waals surface area contributed by atoms with Crippen LogP contribution >= 0.6 is 0 Å². The standard InChI is InChI=1S/C15H22N2O2/c16-10-13(17-12-3-1-2-4-12)11-5-6-14-15(9-11)19-8-7-18-14/h5-6,9,12-13,17H,1-4,7-8,10,16H2. The molecule has 4 nitrogen and oxygen atoms in total. The lowest BCUT2D eigenvalue weighted by molar-refractivity contribution is 0.171. The Balaban J connectivity index is 1.74. The highest BCUT2D eigenvalue weighted by Gasteiger charge is 2.21. The molecule has 2 aliphatic rings. The third-order valence-electron chi connectivity index (χ3n) is 4.00. The van der Waals surface area contributed by atoms with Crippen molar-refractivity contribution < 1.29 is 9.47 Å². The molecule has 0 bridgehead atoms. The second kappa shape index (κ2) is 5.80. The highest BCUT2D eigenvalue weighted by atomic mass is 16.6. The van der Waals surface area contributed by atoms with Gasteiger partial charge >= 0.3 is 0 Å². The molecule has 0 radical (unpaired) electrons. The van der Waals surface area contributed by atoms with Crippen molar-refractivity contribution in [3.63, 3.8) is 0 Å². The van der Waals surface area contributed by atoms with Crippen molar-refractivity contribution in [1.29, 1.82) is 0 Å². The predicted octanol–water partition coefficient (Wildman–Crippen LogP) is 1.99. The van der Waals surface area contributed by atoms with Gasteiger partial charge in [0.1, 0.15) is 13.2 Å². The summed E-state index contributed by atoms with van der Waals surface area (Å²) in [7, 11) is 0. The fraction of sp³-hybridized carbons (Fsp3) is 0.600. The molecule has 19 heavy (non-hydrogen) atoms.